The third kappa shape index (κ3) is 4.74. The van der Waals surface area contributed by atoms with Crippen molar-refractivity contribution in [1.82, 2.24) is 14.8 Å². The van der Waals surface area contributed by atoms with Gasteiger partial charge in [-0.1, -0.05) is 11.8 Å². The van der Waals surface area contributed by atoms with Crippen molar-refractivity contribution >= 4 is 40.6 Å². The molecule has 0 aliphatic carbocycles. The van der Waals surface area contributed by atoms with Gasteiger partial charge in [-0.2, -0.15) is 0 Å². The summed E-state index contributed by atoms with van der Waals surface area (Å²) in [5.41, 5.74) is 0.983. The molecule has 1 aromatic carbocycles. The van der Waals surface area contributed by atoms with Gasteiger partial charge in [0.05, 0.1) is 9.82 Å². The zero-order chi connectivity index (χ0) is 22.0. The number of amides is 2. The molecule has 3 heterocycles. The van der Waals surface area contributed by atoms with Crippen LogP contribution in [0, 0.1) is 17.0 Å². The van der Waals surface area contributed by atoms with Gasteiger partial charge in [0.2, 0.25) is 5.91 Å². The lowest BCUT2D eigenvalue weighted by atomic mass is 9.99. The Balaban J connectivity index is 1.58. The number of hydrogen-bond acceptors (Lipinski definition) is 7. The van der Waals surface area contributed by atoms with Gasteiger partial charge in [0.15, 0.2) is 4.34 Å². The number of nitrogens with zero attached hydrogens (tertiary/aromatic N) is 4. The molecule has 2 aliphatic rings. The number of carbonyl (C=O) groups excluding carboxylic acids is 2. The summed E-state index contributed by atoms with van der Waals surface area (Å²) in [5.74, 6) is -0.312. The molecule has 2 saturated heterocycles. The highest BCUT2D eigenvalue weighted by Gasteiger charge is 2.36. The first-order valence-corrected chi connectivity index (χ1v) is 12.1. The number of nitro groups is 1. The van der Waals surface area contributed by atoms with Crippen LogP contribution in [0.1, 0.15) is 48.2 Å². The van der Waals surface area contributed by atoms with Crippen LogP contribution in [0.3, 0.4) is 0 Å². The van der Waals surface area contributed by atoms with Gasteiger partial charge in [-0.15, -0.1) is 11.3 Å². The van der Waals surface area contributed by atoms with Crippen LogP contribution in [-0.2, 0) is 4.79 Å². The largest absolute Gasteiger partial charge is 0.341 e. The topological polar surface area (TPSA) is 96.7 Å². The van der Waals surface area contributed by atoms with Crippen molar-refractivity contribution in [1.29, 1.82) is 0 Å². The number of nitro benzene ring substituents is 1. The number of aryl methyl sites for hydroxylation is 1. The minimum Gasteiger partial charge on any atom is -0.341 e. The fraction of sp³-hybridized carbons (Fsp3) is 0.476. The van der Waals surface area contributed by atoms with E-state index in [1.165, 1.54) is 29.2 Å². The van der Waals surface area contributed by atoms with E-state index < -0.39 is 11.0 Å². The van der Waals surface area contributed by atoms with Crippen LogP contribution in [0.25, 0.3) is 0 Å². The van der Waals surface area contributed by atoms with Gasteiger partial charge in [0.1, 0.15) is 6.04 Å². The molecule has 0 radical (unpaired) electrons. The zero-order valence-corrected chi connectivity index (χ0v) is 18.9. The highest BCUT2D eigenvalue weighted by Crippen LogP contribution is 2.37. The van der Waals surface area contributed by atoms with Crippen molar-refractivity contribution in [2.75, 3.05) is 19.6 Å². The van der Waals surface area contributed by atoms with Gasteiger partial charge in [0, 0.05) is 42.3 Å². The Kier molecular flexibility index (Phi) is 6.57. The van der Waals surface area contributed by atoms with Crippen LogP contribution >= 0.6 is 23.1 Å². The third-order valence-electron chi connectivity index (χ3n) is 5.66. The molecule has 1 atom stereocenters. The van der Waals surface area contributed by atoms with E-state index in [0.717, 1.165) is 44.5 Å². The van der Waals surface area contributed by atoms with E-state index >= 15 is 0 Å². The molecule has 0 N–H and O–H groups in total. The van der Waals surface area contributed by atoms with E-state index in [4.69, 9.17) is 0 Å². The summed E-state index contributed by atoms with van der Waals surface area (Å²) in [6.45, 7) is 3.84. The maximum absolute atomic E-state index is 13.3. The van der Waals surface area contributed by atoms with E-state index in [9.17, 15) is 19.7 Å². The molecule has 164 valence electrons. The Morgan fingerprint density at radius 1 is 1.19 bits per heavy atom. The number of hydrogen-bond donors (Lipinski definition) is 0. The van der Waals surface area contributed by atoms with Crippen molar-refractivity contribution in [3.63, 3.8) is 0 Å². The van der Waals surface area contributed by atoms with E-state index in [1.807, 2.05) is 17.2 Å². The van der Waals surface area contributed by atoms with Gasteiger partial charge in [-0.05, 0) is 51.2 Å². The summed E-state index contributed by atoms with van der Waals surface area (Å²) in [5, 5.41) is 13.6. The van der Waals surface area contributed by atoms with E-state index in [2.05, 4.69) is 4.98 Å². The number of carbonyl (C=O) groups is 2. The Hall–Kier alpha value is -2.46. The normalized spacial score (nSPS) is 18.9. The zero-order valence-electron chi connectivity index (χ0n) is 17.3. The average Bonchev–Trinajstić information content (AvgIpc) is 3.45. The molecular formula is C21H24N4O4S2. The fourth-order valence-electron chi connectivity index (χ4n) is 4.10. The first kappa shape index (κ1) is 21.8. The first-order chi connectivity index (χ1) is 14.9. The minimum atomic E-state index is -0.481. The minimum absolute atomic E-state index is 0.00589. The first-order valence-electron chi connectivity index (χ1n) is 10.4. The van der Waals surface area contributed by atoms with E-state index in [1.54, 1.807) is 17.0 Å². The second kappa shape index (κ2) is 9.35. The fourth-order valence-corrected chi connectivity index (χ4v) is 5.98. The van der Waals surface area contributed by atoms with Crippen LogP contribution in [0.15, 0.2) is 32.8 Å². The van der Waals surface area contributed by atoms with Gasteiger partial charge in [0.25, 0.3) is 11.6 Å². The summed E-state index contributed by atoms with van der Waals surface area (Å²) in [7, 11) is 0. The summed E-state index contributed by atoms with van der Waals surface area (Å²) < 4.78 is 0.715. The predicted molar refractivity (Wildman–Crippen MR) is 119 cm³/mol. The monoisotopic (exact) mass is 460 g/mol. The average molecular weight is 461 g/mol. The van der Waals surface area contributed by atoms with E-state index in [0.29, 0.717) is 22.2 Å². The molecule has 8 nitrogen and oxygen atoms in total. The number of rotatable bonds is 5. The van der Waals surface area contributed by atoms with E-state index in [-0.39, 0.29) is 23.1 Å². The number of aromatic nitrogens is 1. The Morgan fingerprint density at radius 3 is 2.61 bits per heavy atom. The molecule has 1 aromatic heterocycles. The molecule has 0 spiro atoms. The van der Waals surface area contributed by atoms with Crippen molar-refractivity contribution in [3.8, 4) is 0 Å². The Morgan fingerprint density at radius 2 is 1.94 bits per heavy atom. The van der Waals surface area contributed by atoms with Gasteiger partial charge in [-0.25, -0.2) is 4.98 Å². The summed E-state index contributed by atoms with van der Waals surface area (Å²) in [4.78, 5) is 45.8. The number of piperidine rings is 1. The molecule has 4 rings (SSSR count). The number of likely N-dealkylation sites (tertiary alicyclic amines) is 2. The van der Waals surface area contributed by atoms with Crippen LogP contribution in [0.2, 0.25) is 0 Å². The number of benzene rings is 1. The van der Waals surface area contributed by atoms with Crippen LogP contribution in [-0.4, -0.2) is 57.2 Å². The van der Waals surface area contributed by atoms with Crippen LogP contribution < -0.4 is 0 Å². The van der Waals surface area contributed by atoms with Crippen molar-refractivity contribution in [3.05, 3.63) is 45.0 Å². The second-order valence-electron chi connectivity index (χ2n) is 7.84. The molecule has 10 heteroatoms. The Labute approximate surface area is 188 Å². The lowest BCUT2D eigenvalue weighted by Crippen LogP contribution is -2.52. The lowest BCUT2D eigenvalue weighted by molar-refractivity contribution is -0.387. The third-order valence-corrected chi connectivity index (χ3v) is 7.79. The molecule has 31 heavy (non-hydrogen) atoms. The summed E-state index contributed by atoms with van der Waals surface area (Å²) >= 11 is 2.65. The highest BCUT2D eigenvalue weighted by molar-refractivity contribution is 8.01. The predicted octanol–water partition coefficient (Wildman–Crippen LogP) is 4.13. The lowest BCUT2D eigenvalue weighted by Gasteiger charge is -2.36. The molecule has 1 unspecified atom stereocenters. The number of thiazole rings is 1. The van der Waals surface area contributed by atoms with Crippen molar-refractivity contribution in [2.45, 2.75) is 54.3 Å². The molecule has 2 aliphatic heterocycles. The summed E-state index contributed by atoms with van der Waals surface area (Å²) in [6, 6.07) is 4.07. The maximum Gasteiger partial charge on any atom is 0.284 e. The van der Waals surface area contributed by atoms with Gasteiger partial charge < -0.3 is 9.80 Å². The Bertz CT molecular complexity index is 1000. The van der Waals surface area contributed by atoms with Crippen LogP contribution in [0.5, 0.6) is 0 Å². The maximum atomic E-state index is 13.3. The van der Waals surface area contributed by atoms with Crippen molar-refractivity contribution in [2.24, 2.45) is 0 Å². The quantitative estimate of drug-likeness (QED) is 0.492. The van der Waals surface area contributed by atoms with Gasteiger partial charge in [-0.3, -0.25) is 19.7 Å². The molecular weight excluding hydrogens is 436 g/mol. The smallest absolute Gasteiger partial charge is 0.284 e. The summed E-state index contributed by atoms with van der Waals surface area (Å²) in [6.07, 6.45) is 4.36. The standard InChI is InChI=1S/C21H24N4O4S2/c1-14-13-30-21(22-14)31-18-8-7-15(12-17(18)25(28)29)19(26)24-11-3-2-6-16(24)20(27)23-9-4-5-10-23/h7-8,12-13,16H,2-6,9-11H2,1H3. The molecule has 0 bridgehead atoms. The van der Waals surface area contributed by atoms with Gasteiger partial charge >= 0.3 is 0 Å². The van der Waals surface area contributed by atoms with Crippen molar-refractivity contribution < 1.29 is 14.5 Å². The molecule has 2 fully saturated rings. The molecule has 2 amide bonds. The SMILES string of the molecule is Cc1csc(Sc2ccc(C(=O)N3CCCCC3C(=O)N3CCCC3)cc2[N+](=O)[O-])n1. The second-order valence-corrected chi connectivity index (χ2v) is 9.99. The molecule has 2 aromatic rings. The molecule has 0 saturated carbocycles. The van der Waals surface area contributed by atoms with Crippen LogP contribution in [0.4, 0.5) is 5.69 Å². The highest BCUT2D eigenvalue weighted by atomic mass is 32.2.